The van der Waals surface area contributed by atoms with Crippen molar-refractivity contribution >= 4 is 10.8 Å². The van der Waals surface area contributed by atoms with Crippen LogP contribution >= 0.6 is 0 Å². The summed E-state index contributed by atoms with van der Waals surface area (Å²) in [6.45, 7) is 17.4. The fourth-order valence-electron chi connectivity index (χ4n) is 9.64. The first-order chi connectivity index (χ1) is 29.4. The second kappa shape index (κ2) is 28.4. The SMILES string of the molecule is CCCCCCCCC1(CCCCCCCC)c2cc(C)ccc2-c2ccc(C)cc21.CCCCCCCCOc1cc(C)cc2c(OCCCCCCCC)cccc12. The van der Waals surface area contributed by atoms with E-state index in [4.69, 9.17) is 9.47 Å². The molecule has 0 amide bonds. The minimum absolute atomic E-state index is 0.234. The van der Waals surface area contributed by atoms with E-state index in [1.807, 2.05) is 0 Å². The Morgan fingerprint density at radius 2 is 0.783 bits per heavy atom. The Labute approximate surface area is 370 Å². The van der Waals surface area contributed by atoms with Crippen LogP contribution in [0.3, 0.4) is 0 Å². The molecular formula is C58H88O2. The summed E-state index contributed by atoms with van der Waals surface area (Å²) in [4.78, 5) is 0. The highest BCUT2D eigenvalue weighted by atomic mass is 16.5. The van der Waals surface area contributed by atoms with E-state index < -0.39 is 0 Å². The van der Waals surface area contributed by atoms with E-state index >= 15 is 0 Å². The van der Waals surface area contributed by atoms with Crippen molar-refractivity contribution in [3.05, 3.63) is 94.5 Å². The van der Waals surface area contributed by atoms with E-state index in [1.165, 1.54) is 193 Å². The molecule has 0 aliphatic heterocycles. The Balaban J connectivity index is 0.000000265. The van der Waals surface area contributed by atoms with Gasteiger partial charge in [0.25, 0.3) is 0 Å². The lowest BCUT2D eigenvalue weighted by molar-refractivity contribution is 0.304. The molecular weight excluding hydrogens is 729 g/mol. The smallest absolute Gasteiger partial charge is 0.127 e. The molecule has 1 aliphatic carbocycles. The van der Waals surface area contributed by atoms with Gasteiger partial charge >= 0.3 is 0 Å². The topological polar surface area (TPSA) is 18.5 Å². The van der Waals surface area contributed by atoms with Crippen LogP contribution in [0.5, 0.6) is 11.5 Å². The molecule has 0 fully saturated rings. The summed E-state index contributed by atoms with van der Waals surface area (Å²) in [5.41, 5.74) is 10.6. The molecule has 2 nitrogen and oxygen atoms in total. The van der Waals surface area contributed by atoms with E-state index in [-0.39, 0.29) is 5.41 Å². The molecule has 332 valence electrons. The van der Waals surface area contributed by atoms with Gasteiger partial charge in [0.15, 0.2) is 0 Å². The molecule has 0 aromatic heterocycles. The number of hydrogen-bond acceptors (Lipinski definition) is 2. The largest absolute Gasteiger partial charge is 0.493 e. The van der Waals surface area contributed by atoms with Gasteiger partial charge in [-0.2, -0.15) is 0 Å². The van der Waals surface area contributed by atoms with Crippen LogP contribution in [0.4, 0.5) is 0 Å². The van der Waals surface area contributed by atoms with Gasteiger partial charge < -0.3 is 9.47 Å². The maximum Gasteiger partial charge on any atom is 0.127 e. The average Bonchev–Trinajstić information content (AvgIpc) is 3.50. The molecule has 0 saturated carbocycles. The Kier molecular flexibility index (Phi) is 23.3. The van der Waals surface area contributed by atoms with Gasteiger partial charge in [0.1, 0.15) is 11.5 Å². The predicted molar refractivity (Wildman–Crippen MR) is 265 cm³/mol. The molecule has 0 unspecified atom stereocenters. The van der Waals surface area contributed by atoms with Crippen LogP contribution in [0.2, 0.25) is 0 Å². The molecule has 1 aliphatic rings. The molecule has 0 spiro atoms. The second-order valence-electron chi connectivity index (χ2n) is 18.6. The quantitative estimate of drug-likeness (QED) is 0.0488. The van der Waals surface area contributed by atoms with E-state index in [9.17, 15) is 0 Å². The molecule has 0 heterocycles. The van der Waals surface area contributed by atoms with Crippen LogP contribution in [-0.2, 0) is 5.41 Å². The molecule has 5 rings (SSSR count). The maximum atomic E-state index is 6.19. The third kappa shape index (κ3) is 15.6. The number of benzene rings is 4. The molecule has 0 N–H and O–H groups in total. The first-order valence-electron chi connectivity index (χ1n) is 25.4. The molecule has 4 aromatic carbocycles. The van der Waals surface area contributed by atoms with E-state index in [0.29, 0.717) is 0 Å². The number of fused-ring (bicyclic) bond motifs is 4. The van der Waals surface area contributed by atoms with Gasteiger partial charge in [0.2, 0.25) is 0 Å². The fraction of sp³-hybridized carbons (Fsp3) is 0.621. The van der Waals surface area contributed by atoms with Crippen molar-refractivity contribution in [2.75, 3.05) is 13.2 Å². The highest BCUT2D eigenvalue weighted by molar-refractivity contribution is 5.93. The fourth-order valence-corrected chi connectivity index (χ4v) is 9.64. The van der Waals surface area contributed by atoms with Crippen molar-refractivity contribution in [2.45, 2.75) is 221 Å². The highest BCUT2D eigenvalue weighted by Crippen LogP contribution is 2.54. The Morgan fingerprint density at radius 3 is 1.25 bits per heavy atom. The molecule has 60 heavy (non-hydrogen) atoms. The Morgan fingerprint density at radius 1 is 0.367 bits per heavy atom. The zero-order valence-corrected chi connectivity index (χ0v) is 40.0. The van der Waals surface area contributed by atoms with E-state index in [2.05, 4.69) is 115 Å². The van der Waals surface area contributed by atoms with Crippen LogP contribution in [0.1, 0.15) is 222 Å². The molecule has 0 radical (unpaired) electrons. The summed E-state index contributed by atoms with van der Waals surface area (Å²) in [5.74, 6) is 1.99. The summed E-state index contributed by atoms with van der Waals surface area (Å²) >= 11 is 0. The summed E-state index contributed by atoms with van der Waals surface area (Å²) in [5, 5.41) is 2.35. The number of ether oxygens (including phenoxy) is 2. The van der Waals surface area contributed by atoms with Crippen molar-refractivity contribution in [3.8, 4) is 22.6 Å². The van der Waals surface area contributed by atoms with Gasteiger partial charge in [-0.05, 0) is 92.5 Å². The van der Waals surface area contributed by atoms with Gasteiger partial charge in [-0.3, -0.25) is 0 Å². The molecule has 0 saturated heterocycles. The van der Waals surface area contributed by atoms with E-state index in [1.54, 1.807) is 11.1 Å². The van der Waals surface area contributed by atoms with Gasteiger partial charge in [-0.1, -0.05) is 229 Å². The molecule has 0 atom stereocenters. The Hall–Kier alpha value is -3.26. The third-order valence-electron chi connectivity index (χ3n) is 13.2. The first kappa shape index (κ1) is 49.4. The van der Waals surface area contributed by atoms with Crippen molar-refractivity contribution in [1.29, 1.82) is 0 Å². The zero-order valence-electron chi connectivity index (χ0n) is 40.0. The number of rotatable bonds is 30. The second-order valence-corrected chi connectivity index (χ2v) is 18.6. The average molecular weight is 817 g/mol. The van der Waals surface area contributed by atoms with Crippen LogP contribution in [0.15, 0.2) is 66.7 Å². The minimum atomic E-state index is 0.234. The van der Waals surface area contributed by atoms with Crippen LogP contribution in [0.25, 0.3) is 21.9 Å². The third-order valence-corrected chi connectivity index (χ3v) is 13.2. The lowest BCUT2D eigenvalue weighted by atomic mass is 9.70. The standard InChI is InChI=1S/C31H46.C27H42O2/c1-5-7-9-11-13-15-21-31(22-16-14-12-10-8-6-2)29-23-25(3)17-19-27(29)28-20-18-26(4)24-30(28)31;1-4-6-8-10-12-14-19-28-26-18-16-17-24-25(26)21-23(3)22-27(24)29-20-15-13-11-9-7-5-2/h17-20,23-24H,5-16,21-22H2,1-4H3;16-18,21-22H,4-15,19-20H2,1-3H3. The summed E-state index contributed by atoms with van der Waals surface area (Å²) in [7, 11) is 0. The zero-order chi connectivity index (χ0) is 42.8. The number of unbranched alkanes of at least 4 members (excludes halogenated alkanes) is 20. The molecule has 4 aromatic rings. The maximum absolute atomic E-state index is 6.19. The number of aryl methyl sites for hydroxylation is 3. The van der Waals surface area contributed by atoms with Crippen LogP contribution < -0.4 is 9.47 Å². The predicted octanol–water partition coefficient (Wildman–Crippen LogP) is 18.7. The lowest BCUT2D eigenvalue weighted by Crippen LogP contribution is -2.25. The Bertz CT molecular complexity index is 1700. The van der Waals surface area contributed by atoms with Crippen LogP contribution in [-0.4, -0.2) is 13.2 Å². The normalized spacial score (nSPS) is 12.6. The van der Waals surface area contributed by atoms with Crippen molar-refractivity contribution in [2.24, 2.45) is 0 Å². The van der Waals surface area contributed by atoms with Crippen molar-refractivity contribution < 1.29 is 9.47 Å². The van der Waals surface area contributed by atoms with Crippen molar-refractivity contribution in [1.82, 2.24) is 0 Å². The lowest BCUT2D eigenvalue weighted by Gasteiger charge is -2.33. The summed E-state index contributed by atoms with van der Waals surface area (Å²) in [6.07, 6.45) is 34.7. The first-order valence-corrected chi connectivity index (χ1v) is 25.4. The van der Waals surface area contributed by atoms with Gasteiger partial charge in [-0.15, -0.1) is 0 Å². The highest BCUT2D eigenvalue weighted by Gasteiger charge is 2.42. The van der Waals surface area contributed by atoms with Gasteiger partial charge in [0.05, 0.1) is 13.2 Å². The molecule has 0 bridgehead atoms. The van der Waals surface area contributed by atoms with Crippen LogP contribution in [0, 0.1) is 20.8 Å². The van der Waals surface area contributed by atoms with Gasteiger partial charge in [0, 0.05) is 16.2 Å². The summed E-state index contributed by atoms with van der Waals surface area (Å²) in [6, 6.07) is 25.2. The van der Waals surface area contributed by atoms with Crippen molar-refractivity contribution in [3.63, 3.8) is 0 Å². The van der Waals surface area contributed by atoms with Gasteiger partial charge in [-0.25, -0.2) is 0 Å². The van der Waals surface area contributed by atoms with E-state index in [0.717, 1.165) is 37.6 Å². The summed E-state index contributed by atoms with van der Waals surface area (Å²) < 4.78 is 12.3. The monoisotopic (exact) mass is 817 g/mol. The molecule has 2 heteroatoms. The number of hydrogen-bond donors (Lipinski definition) is 0. The minimum Gasteiger partial charge on any atom is -0.493 e.